The van der Waals surface area contributed by atoms with E-state index in [1.54, 1.807) is 12.1 Å². The van der Waals surface area contributed by atoms with E-state index in [1.165, 1.54) is 12.1 Å². The average molecular weight is 404 g/mol. The summed E-state index contributed by atoms with van der Waals surface area (Å²) in [5.41, 5.74) is 0.530. The number of amides is 2. The van der Waals surface area contributed by atoms with Gasteiger partial charge in [-0.15, -0.1) is 0 Å². The third-order valence-electron chi connectivity index (χ3n) is 5.87. The topological polar surface area (TPSA) is 90.9 Å². The van der Waals surface area contributed by atoms with Crippen LogP contribution in [-0.2, 0) is 9.53 Å². The maximum absolute atomic E-state index is 12.7. The van der Waals surface area contributed by atoms with Gasteiger partial charge >= 0.3 is 0 Å². The molecule has 2 heterocycles. The van der Waals surface area contributed by atoms with Gasteiger partial charge in [0.15, 0.2) is 0 Å². The minimum absolute atomic E-state index is 0.0110. The summed E-state index contributed by atoms with van der Waals surface area (Å²) in [6.07, 6.45) is 4.38. The third-order valence-corrected chi connectivity index (χ3v) is 5.87. The van der Waals surface area contributed by atoms with E-state index in [0.29, 0.717) is 18.2 Å². The van der Waals surface area contributed by atoms with Crippen molar-refractivity contribution in [3.63, 3.8) is 0 Å². The molecule has 0 unspecified atom stereocenters. The highest BCUT2D eigenvalue weighted by Crippen LogP contribution is 2.23. The lowest BCUT2D eigenvalue weighted by Crippen LogP contribution is -2.49. The van der Waals surface area contributed by atoms with E-state index in [0.717, 1.165) is 58.4 Å². The summed E-state index contributed by atoms with van der Waals surface area (Å²) in [5, 5.41) is 15.6. The summed E-state index contributed by atoms with van der Waals surface area (Å²) >= 11 is 0. The smallest absolute Gasteiger partial charge is 0.251 e. The summed E-state index contributed by atoms with van der Waals surface area (Å²) < 4.78 is 5.51. The van der Waals surface area contributed by atoms with E-state index in [2.05, 4.69) is 22.5 Å². The Morgan fingerprint density at radius 1 is 1.10 bits per heavy atom. The molecule has 2 aliphatic rings. The van der Waals surface area contributed by atoms with Gasteiger partial charge in [-0.2, -0.15) is 0 Å². The number of phenols is 1. The summed E-state index contributed by atoms with van der Waals surface area (Å²) in [5.74, 6) is 0.0628. The predicted octanol–water partition coefficient (Wildman–Crippen LogP) is 1.91. The van der Waals surface area contributed by atoms with Gasteiger partial charge in [0.25, 0.3) is 5.91 Å². The Kier molecular flexibility index (Phi) is 7.89. The van der Waals surface area contributed by atoms with Crippen LogP contribution in [0.2, 0.25) is 0 Å². The third kappa shape index (κ3) is 6.18. The fourth-order valence-electron chi connectivity index (χ4n) is 4.18. The van der Waals surface area contributed by atoms with Crippen molar-refractivity contribution < 1.29 is 19.4 Å². The van der Waals surface area contributed by atoms with E-state index < -0.39 is 0 Å². The highest BCUT2D eigenvalue weighted by Gasteiger charge is 2.33. The van der Waals surface area contributed by atoms with Gasteiger partial charge in [0, 0.05) is 50.5 Å². The second kappa shape index (κ2) is 10.6. The van der Waals surface area contributed by atoms with Crippen LogP contribution in [-0.4, -0.2) is 66.8 Å². The summed E-state index contributed by atoms with van der Waals surface area (Å²) in [6.45, 7) is 5.72. The van der Waals surface area contributed by atoms with Gasteiger partial charge in [-0.3, -0.25) is 14.5 Å². The molecule has 7 nitrogen and oxygen atoms in total. The second-order valence-electron chi connectivity index (χ2n) is 8.08. The lowest BCUT2D eigenvalue weighted by Gasteiger charge is -2.36. The number of nitrogens with zero attached hydrogens (tertiary/aromatic N) is 1. The highest BCUT2D eigenvalue weighted by molar-refractivity contribution is 5.94. The van der Waals surface area contributed by atoms with Crippen molar-refractivity contribution in [2.75, 3.05) is 32.8 Å². The van der Waals surface area contributed by atoms with Crippen molar-refractivity contribution in [1.82, 2.24) is 15.5 Å². The Morgan fingerprint density at radius 3 is 2.52 bits per heavy atom. The lowest BCUT2D eigenvalue weighted by molar-refractivity contribution is -0.125. The van der Waals surface area contributed by atoms with Crippen molar-refractivity contribution in [2.24, 2.45) is 5.92 Å². The zero-order valence-corrected chi connectivity index (χ0v) is 17.2. The number of phenolic OH excluding ortho intramolecular Hbond substituents is 1. The van der Waals surface area contributed by atoms with Crippen LogP contribution in [0.25, 0.3) is 0 Å². The predicted molar refractivity (Wildman–Crippen MR) is 111 cm³/mol. The lowest BCUT2D eigenvalue weighted by atomic mass is 10.00. The second-order valence-corrected chi connectivity index (χ2v) is 8.08. The Bertz CT molecular complexity index is 673. The van der Waals surface area contributed by atoms with E-state index in [4.69, 9.17) is 4.74 Å². The SMILES string of the molecule is CCCNC(=O)[C@@H]1CC[C@H](NC(=O)c2ccc(O)cc2)CN(C2CCOCC2)C1. The van der Waals surface area contributed by atoms with Crippen molar-refractivity contribution >= 4 is 11.8 Å². The fourth-order valence-corrected chi connectivity index (χ4v) is 4.18. The standard InChI is InChI=1S/C22H33N3O4/c1-2-11-23-21(27)17-3-6-18(15-25(14-17)19-9-12-29-13-10-19)24-22(28)16-4-7-20(26)8-5-16/h4-5,7-8,17-19,26H,2-3,6,9-15H2,1H3,(H,23,27)(H,24,28)/t17-,18+/m1/s1. The molecule has 0 bridgehead atoms. The molecule has 29 heavy (non-hydrogen) atoms. The average Bonchev–Trinajstić information content (AvgIpc) is 2.96. The number of aromatic hydroxyl groups is 1. The number of rotatable bonds is 6. The number of hydrogen-bond donors (Lipinski definition) is 3. The maximum Gasteiger partial charge on any atom is 0.251 e. The molecule has 0 aromatic heterocycles. The van der Waals surface area contributed by atoms with Gasteiger partial charge in [-0.25, -0.2) is 0 Å². The van der Waals surface area contributed by atoms with E-state index in [9.17, 15) is 14.7 Å². The molecule has 3 rings (SSSR count). The summed E-state index contributed by atoms with van der Waals surface area (Å²) in [7, 11) is 0. The molecule has 0 aliphatic carbocycles. The highest BCUT2D eigenvalue weighted by atomic mass is 16.5. The van der Waals surface area contributed by atoms with Crippen LogP contribution < -0.4 is 10.6 Å². The number of carbonyl (C=O) groups is 2. The zero-order chi connectivity index (χ0) is 20.6. The molecule has 2 aliphatic heterocycles. The largest absolute Gasteiger partial charge is 0.508 e. The first-order chi connectivity index (χ1) is 14.1. The van der Waals surface area contributed by atoms with E-state index in [-0.39, 0.29) is 29.5 Å². The molecular weight excluding hydrogens is 370 g/mol. The van der Waals surface area contributed by atoms with Crippen molar-refractivity contribution in [2.45, 2.75) is 51.1 Å². The summed E-state index contributed by atoms with van der Waals surface area (Å²) in [4.78, 5) is 27.7. The number of nitrogens with one attached hydrogen (secondary N) is 2. The normalized spacial score (nSPS) is 23.9. The maximum atomic E-state index is 12.7. The fraction of sp³-hybridized carbons (Fsp3) is 0.636. The van der Waals surface area contributed by atoms with Gasteiger partial charge in [-0.05, 0) is 56.4 Å². The Labute approximate surface area is 172 Å². The van der Waals surface area contributed by atoms with Gasteiger partial charge in [-0.1, -0.05) is 6.92 Å². The van der Waals surface area contributed by atoms with E-state index in [1.807, 2.05) is 0 Å². The Hall–Kier alpha value is -2.12. The monoisotopic (exact) mass is 403 g/mol. The number of hydrogen-bond acceptors (Lipinski definition) is 5. The first kappa shape index (κ1) is 21.6. The van der Waals surface area contributed by atoms with Crippen LogP contribution in [0.15, 0.2) is 24.3 Å². The molecule has 160 valence electrons. The molecule has 2 amide bonds. The zero-order valence-electron chi connectivity index (χ0n) is 17.2. The molecule has 3 N–H and O–H groups in total. The first-order valence-electron chi connectivity index (χ1n) is 10.8. The van der Waals surface area contributed by atoms with Gasteiger partial charge < -0.3 is 20.5 Å². The summed E-state index contributed by atoms with van der Waals surface area (Å²) in [6, 6.07) is 6.66. The molecule has 1 aromatic carbocycles. The minimum Gasteiger partial charge on any atom is -0.508 e. The quantitative estimate of drug-likeness (QED) is 0.675. The molecule has 7 heteroatoms. The van der Waals surface area contributed by atoms with Crippen LogP contribution in [0.5, 0.6) is 5.75 Å². The van der Waals surface area contributed by atoms with Crippen LogP contribution in [0.4, 0.5) is 0 Å². The molecule has 2 fully saturated rings. The van der Waals surface area contributed by atoms with Crippen molar-refractivity contribution in [3.05, 3.63) is 29.8 Å². The van der Waals surface area contributed by atoms with Gasteiger partial charge in [0.2, 0.25) is 5.91 Å². The van der Waals surface area contributed by atoms with E-state index >= 15 is 0 Å². The van der Waals surface area contributed by atoms with Crippen molar-refractivity contribution in [1.29, 1.82) is 0 Å². The number of ether oxygens (including phenoxy) is 1. The molecule has 0 spiro atoms. The van der Waals surface area contributed by atoms with Crippen LogP contribution in [0, 0.1) is 5.92 Å². The Morgan fingerprint density at radius 2 is 1.83 bits per heavy atom. The van der Waals surface area contributed by atoms with Crippen LogP contribution >= 0.6 is 0 Å². The first-order valence-corrected chi connectivity index (χ1v) is 10.8. The molecule has 0 saturated carbocycles. The number of likely N-dealkylation sites (tertiary alicyclic amines) is 1. The molecule has 2 saturated heterocycles. The Balaban J connectivity index is 1.68. The van der Waals surface area contributed by atoms with Crippen LogP contribution in [0.1, 0.15) is 49.4 Å². The molecule has 2 atom stereocenters. The van der Waals surface area contributed by atoms with Crippen LogP contribution in [0.3, 0.4) is 0 Å². The molecule has 0 radical (unpaired) electrons. The number of benzene rings is 1. The van der Waals surface area contributed by atoms with Crippen molar-refractivity contribution in [3.8, 4) is 5.75 Å². The molecule has 1 aromatic rings. The van der Waals surface area contributed by atoms with Gasteiger partial charge in [0.05, 0.1) is 5.92 Å². The molecular formula is C22H33N3O4. The van der Waals surface area contributed by atoms with Gasteiger partial charge in [0.1, 0.15) is 5.75 Å². The minimum atomic E-state index is -0.143. The number of carbonyl (C=O) groups excluding carboxylic acids is 2.